The fourth-order valence-electron chi connectivity index (χ4n) is 3.21. The van der Waals surface area contributed by atoms with Crippen molar-refractivity contribution < 1.29 is 26.7 Å². The van der Waals surface area contributed by atoms with E-state index in [1.807, 2.05) is 6.92 Å². The summed E-state index contributed by atoms with van der Waals surface area (Å²) in [6, 6.07) is 6.69. The molecule has 2 aromatic rings. The predicted molar refractivity (Wildman–Crippen MR) is 105 cm³/mol. The van der Waals surface area contributed by atoms with E-state index in [9.17, 15) is 17.2 Å². The summed E-state index contributed by atoms with van der Waals surface area (Å²) in [5.74, 6) is -0.831. The first-order chi connectivity index (χ1) is 13.9. The molecule has 1 aromatic carbocycles. The quantitative estimate of drug-likeness (QED) is 0.702. The molecule has 1 aliphatic heterocycles. The van der Waals surface area contributed by atoms with Gasteiger partial charge in [-0.2, -0.15) is 0 Å². The highest BCUT2D eigenvalue weighted by atomic mass is 32.2. The Morgan fingerprint density at radius 2 is 2.10 bits per heavy atom. The fraction of sp³-hybridized carbons (Fsp3) is 0.450. The number of halogens is 2. The van der Waals surface area contributed by atoms with Crippen LogP contribution in [0.3, 0.4) is 0 Å². The van der Waals surface area contributed by atoms with Crippen LogP contribution in [0.5, 0.6) is 5.75 Å². The minimum Gasteiger partial charge on any atom is -0.493 e. The highest BCUT2D eigenvalue weighted by Gasteiger charge is 2.29. The molecular formula is C20H24F2N2O4S. The van der Waals surface area contributed by atoms with Gasteiger partial charge in [0, 0.05) is 30.2 Å². The van der Waals surface area contributed by atoms with Gasteiger partial charge in [-0.15, -0.1) is 0 Å². The lowest BCUT2D eigenvalue weighted by Gasteiger charge is -2.31. The maximum absolute atomic E-state index is 14.5. The SMILES string of the molecule is CCCS(=O)(=O)NC1CCOCC1COc1ccc(-c2ccc(F)cn2)c(F)c1. The largest absolute Gasteiger partial charge is 0.493 e. The first kappa shape index (κ1) is 21.6. The number of sulfonamides is 1. The van der Waals surface area contributed by atoms with Crippen LogP contribution in [0.25, 0.3) is 11.3 Å². The predicted octanol–water partition coefficient (Wildman–Crippen LogP) is 3.14. The van der Waals surface area contributed by atoms with Crippen molar-refractivity contribution in [3.63, 3.8) is 0 Å². The number of hydrogen-bond acceptors (Lipinski definition) is 5. The molecule has 0 spiro atoms. The lowest BCUT2D eigenvalue weighted by atomic mass is 9.98. The van der Waals surface area contributed by atoms with Crippen molar-refractivity contribution in [2.24, 2.45) is 5.92 Å². The molecule has 3 rings (SSSR count). The number of hydrogen-bond donors (Lipinski definition) is 1. The minimum atomic E-state index is -3.35. The van der Waals surface area contributed by atoms with Gasteiger partial charge in [0.2, 0.25) is 10.0 Å². The molecule has 0 bridgehead atoms. The lowest BCUT2D eigenvalue weighted by molar-refractivity contribution is 0.0186. The normalized spacial score (nSPS) is 19.8. The Hall–Kier alpha value is -2.10. The van der Waals surface area contributed by atoms with Crippen molar-refractivity contribution in [2.75, 3.05) is 25.6 Å². The van der Waals surface area contributed by atoms with Crippen LogP contribution in [0.2, 0.25) is 0 Å². The fourth-order valence-corrected chi connectivity index (χ4v) is 4.63. The molecule has 0 aliphatic carbocycles. The second-order valence-electron chi connectivity index (χ2n) is 6.98. The zero-order chi connectivity index (χ0) is 20.9. The van der Waals surface area contributed by atoms with Gasteiger partial charge < -0.3 is 9.47 Å². The van der Waals surface area contributed by atoms with E-state index >= 15 is 0 Å². The summed E-state index contributed by atoms with van der Waals surface area (Å²) >= 11 is 0. The number of benzene rings is 1. The van der Waals surface area contributed by atoms with E-state index in [0.29, 0.717) is 37.5 Å². The Labute approximate surface area is 169 Å². The van der Waals surface area contributed by atoms with Gasteiger partial charge in [0.1, 0.15) is 17.4 Å². The molecule has 2 atom stereocenters. The van der Waals surface area contributed by atoms with Gasteiger partial charge in [-0.05, 0) is 37.1 Å². The van der Waals surface area contributed by atoms with Crippen molar-refractivity contribution in [3.8, 4) is 17.0 Å². The van der Waals surface area contributed by atoms with Crippen LogP contribution < -0.4 is 9.46 Å². The summed E-state index contributed by atoms with van der Waals surface area (Å²) in [5.41, 5.74) is 0.560. The molecule has 158 valence electrons. The molecule has 1 aliphatic rings. The molecule has 29 heavy (non-hydrogen) atoms. The van der Waals surface area contributed by atoms with E-state index < -0.39 is 21.7 Å². The van der Waals surface area contributed by atoms with Crippen molar-refractivity contribution in [3.05, 3.63) is 48.2 Å². The number of nitrogens with zero attached hydrogens (tertiary/aromatic N) is 1. The number of aromatic nitrogens is 1. The molecule has 0 saturated carbocycles. The van der Waals surface area contributed by atoms with Crippen LogP contribution in [0.15, 0.2) is 36.5 Å². The van der Waals surface area contributed by atoms with Gasteiger partial charge in [0.25, 0.3) is 0 Å². The van der Waals surface area contributed by atoms with Gasteiger partial charge in [0.15, 0.2) is 0 Å². The van der Waals surface area contributed by atoms with Crippen LogP contribution in [0.4, 0.5) is 8.78 Å². The standard InChI is InChI=1S/C20H24F2N2O4S/c1-2-9-29(25,26)24-19-7-8-27-12-14(19)13-28-16-4-5-17(18(22)10-16)20-6-3-15(21)11-23-20/h3-6,10-11,14,19,24H,2,7-9,12-13H2,1H3. The third-order valence-corrected chi connectivity index (χ3v) is 6.29. The van der Waals surface area contributed by atoms with E-state index in [1.54, 1.807) is 6.07 Å². The molecular weight excluding hydrogens is 402 g/mol. The second-order valence-corrected chi connectivity index (χ2v) is 8.85. The van der Waals surface area contributed by atoms with Gasteiger partial charge in [-0.25, -0.2) is 21.9 Å². The monoisotopic (exact) mass is 426 g/mol. The Balaban J connectivity index is 1.65. The van der Waals surface area contributed by atoms with Gasteiger partial charge in [0.05, 0.1) is 30.9 Å². The Bertz CT molecular complexity index is 923. The Kier molecular flexibility index (Phi) is 7.15. The topological polar surface area (TPSA) is 77.5 Å². The van der Waals surface area contributed by atoms with Crippen LogP contribution in [0.1, 0.15) is 19.8 Å². The van der Waals surface area contributed by atoms with Gasteiger partial charge in [-0.3, -0.25) is 4.98 Å². The Morgan fingerprint density at radius 1 is 1.28 bits per heavy atom. The summed E-state index contributed by atoms with van der Waals surface area (Å²) in [4.78, 5) is 3.88. The first-order valence-electron chi connectivity index (χ1n) is 9.50. The van der Waals surface area contributed by atoms with Crippen molar-refractivity contribution >= 4 is 10.0 Å². The average Bonchev–Trinajstić information content (AvgIpc) is 2.68. The van der Waals surface area contributed by atoms with Gasteiger partial charge in [-0.1, -0.05) is 6.92 Å². The summed E-state index contributed by atoms with van der Waals surface area (Å²) < 4.78 is 65.5. The molecule has 1 N–H and O–H groups in total. The molecule has 1 saturated heterocycles. The van der Waals surface area contributed by atoms with Crippen molar-refractivity contribution in [1.82, 2.24) is 9.71 Å². The minimum absolute atomic E-state index is 0.0715. The number of rotatable bonds is 8. The highest BCUT2D eigenvalue weighted by molar-refractivity contribution is 7.89. The molecule has 9 heteroatoms. The van der Waals surface area contributed by atoms with Crippen LogP contribution in [0, 0.1) is 17.6 Å². The number of ether oxygens (including phenoxy) is 2. The van der Waals surface area contributed by atoms with Crippen LogP contribution in [-0.2, 0) is 14.8 Å². The molecule has 6 nitrogen and oxygen atoms in total. The summed E-state index contributed by atoms with van der Waals surface area (Å²) in [6.07, 6.45) is 2.12. The molecule has 0 radical (unpaired) electrons. The zero-order valence-corrected chi connectivity index (χ0v) is 16.9. The molecule has 1 aromatic heterocycles. The molecule has 1 fully saturated rings. The number of pyridine rings is 1. The summed E-state index contributed by atoms with van der Waals surface area (Å²) in [6.45, 7) is 2.83. The maximum Gasteiger partial charge on any atom is 0.211 e. The van der Waals surface area contributed by atoms with Crippen molar-refractivity contribution in [2.45, 2.75) is 25.8 Å². The summed E-state index contributed by atoms with van der Waals surface area (Å²) in [5, 5.41) is 0. The smallest absolute Gasteiger partial charge is 0.211 e. The first-order valence-corrected chi connectivity index (χ1v) is 11.1. The molecule has 0 amide bonds. The van der Waals surface area contributed by atoms with Crippen LogP contribution in [-0.4, -0.2) is 45.0 Å². The Morgan fingerprint density at radius 3 is 2.79 bits per heavy atom. The van der Waals surface area contributed by atoms with E-state index in [2.05, 4.69) is 9.71 Å². The van der Waals surface area contributed by atoms with E-state index in [-0.39, 0.29) is 29.9 Å². The van der Waals surface area contributed by atoms with E-state index in [1.165, 1.54) is 24.3 Å². The van der Waals surface area contributed by atoms with Crippen LogP contribution >= 0.6 is 0 Å². The highest BCUT2D eigenvalue weighted by Crippen LogP contribution is 2.26. The lowest BCUT2D eigenvalue weighted by Crippen LogP contribution is -2.48. The molecule has 2 heterocycles. The zero-order valence-electron chi connectivity index (χ0n) is 16.1. The average molecular weight is 426 g/mol. The van der Waals surface area contributed by atoms with Crippen molar-refractivity contribution in [1.29, 1.82) is 0 Å². The third kappa shape index (κ3) is 5.94. The number of nitrogens with one attached hydrogen (secondary N) is 1. The molecule has 2 unspecified atom stereocenters. The van der Waals surface area contributed by atoms with E-state index in [0.717, 1.165) is 6.20 Å². The second kappa shape index (κ2) is 9.60. The van der Waals surface area contributed by atoms with Gasteiger partial charge >= 0.3 is 0 Å². The summed E-state index contributed by atoms with van der Waals surface area (Å²) in [7, 11) is -3.35. The van der Waals surface area contributed by atoms with E-state index in [4.69, 9.17) is 9.47 Å². The maximum atomic E-state index is 14.5. The third-order valence-electron chi connectivity index (χ3n) is 4.69.